The van der Waals surface area contributed by atoms with Crippen molar-refractivity contribution in [3.05, 3.63) is 29.3 Å². The van der Waals surface area contributed by atoms with Crippen molar-refractivity contribution in [2.45, 2.75) is 6.92 Å². The first-order chi connectivity index (χ1) is 7.58. The summed E-state index contributed by atoms with van der Waals surface area (Å²) in [6.45, 7) is 1.82. The average molecular weight is 286 g/mol. The third kappa shape index (κ3) is 3.06. The zero-order chi connectivity index (χ0) is 12.1. The highest BCUT2D eigenvalue weighted by Gasteiger charge is 2.08. The minimum Gasteiger partial charge on any atom is -0.453 e. The Balaban J connectivity index is 2.91. The first-order valence-corrected chi connectivity index (χ1v) is 5.75. The van der Waals surface area contributed by atoms with Crippen LogP contribution >= 0.6 is 15.9 Å². The summed E-state index contributed by atoms with van der Waals surface area (Å²) in [5, 5.41) is 2.82. The number of methoxy groups -OCH3 is 1. The van der Waals surface area contributed by atoms with Gasteiger partial charge in [0.05, 0.1) is 12.4 Å². The lowest BCUT2D eigenvalue weighted by Gasteiger charge is -2.07. The van der Waals surface area contributed by atoms with Crippen molar-refractivity contribution in [1.29, 1.82) is 0 Å². The molecule has 0 aliphatic carbocycles. The summed E-state index contributed by atoms with van der Waals surface area (Å²) in [7, 11) is 1.30. The van der Waals surface area contributed by atoms with Crippen molar-refractivity contribution < 1.29 is 14.3 Å². The number of Topliss-reactive ketones (excluding diaryl/α,β-unsaturated/α-hetero) is 1. The van der Waals surface area contributed by atoms with E-state index in [1.54, 1.807) is 18.2 Å². The molecule has 1 rings (SSSR count). The number of carbonyl (C=O) groups excluding carboxylic acids is 2. The van der Waals surface area contributed by atoms with Crippen molar-refractivity contribution in [3.8, 4) is 0 Å². The Morgan fingerprint density at radius 2 is 2.12 bits per heavy atom. The van der Waals surface area contributed by atoms with Crippen LogP contribution in [0.1, 0.15) is 15.9 Å². The van der Waals surface area contributed by atoms with Crippen LogP contribution in [0.5, 0.6) is 0 Å². The van der Waals surface area contributed by atoms with Gasteiger partial charge in [-0.3, -0.25) is 10.1 Å². The Bertz CT molecular complexity index is 418. The number of amides is 1. The molecule has 0 fully saturated rings. The van der Waals surface area contributed by atoms with Crippen LogP contribution in [0.25, 0.3) is 0 Å². The maximum absolute atomic E-state index is 11.5. The number of carbonyl (C=O) groups is 2. The predicted octanol–water partition coefficient (Wildman–Crippen LogP) is 2.75. The number of anilines is 1. The Morgan fingerprint density at radius 1 is 1.44 bits per heavy atom. The van der Waals surface area contributed by atoms with Gasteiger partial charge in [0.2, 0.25) is 0 Å². The summed E-state index contributed by atoms with van der Waals surface area (Å²) in [6.07, 6.45) is -0.529. The monoisotopic (exact) mass is 285 g/mol. The smallest absolute Gasteiger partial charge is 0.411 e. The first-order valence-electron chi connectivity index (χ1n) is 4.63. The van der Waals surface area contributed by atoms with Crippen LogP contribution in [-0.2, 0) is 4.74 Å². The highest BCUT2D eigenvalue weighted by Crippen LogP contribution is 2.16. The second-order valence-corrected chi connectivity index (χ2v) is 3.76. The van der Waals surface area contributed by atoms with Crippen molar-refractivity contribution in [3.63, 3.8) is 0 Å². The summed E-state index contributed by atoms with van der Waals surface area (Å²) in [4.78, 5) is 22.4. The van der Waals surface area contributed by atoms with E-state index in [2.05, 4.69) is 26.0 Å². The zero-order valence-corrected chi connectivity index (χ0v) is 10.6. The minimum absolute atomic E-state index is 0.0159. The standard InChI is InChI=1S/C11H12BrNO3/c1-7-5-8(13-11(15)16-2)3-4-9(7)10(14)6-12/h3-5H,6H2,1-2H3,(H,13,15). The number of hydrogen-bond donors (Lipinski definition) is 1. The number of ether oxygens (including phenoxy) is 1. The van der Waals surface area contributed by atoms with Gasteiger partial charge in [-0.15, -0.1) is 0 Å². The van der Waals surface area contributed by atoms with E-state index < -0.39 is 6.09 Å². The number of benzene rings is 1. The second-order valence-electron chi connectivity index (χ2n) is 3.20. The van der Waals surface area contributed by atoms with Crippen LogP contribution < -0.4 is 5.32 Å². The van der Waals surface area contributed by atoms with E-state index in [0.717, 1.165) is 5.56 Å². The molecular weight excluding hydrogens is 274 g/mol. The third-order valence-electron chi connectivity index (χ3n) is 2.08. The predicted molar refractivity (Wildman–Crippen MR) is 65.3 cm³/mol. The number of nitrogens with one attached hydrogen (secondary N) is 1. The first kappa shape index (κ1) is 12.7. The largest absolute Gasteiger partial charge is 0.453 e. The highest BCUT2D eigenvalue weighted by molar-refractivity contribution is 9.09. The Morgan fingerprint density at radius 3 is 2.62 bits per heavy atom. The van der Waals surface area contributed by atoms with Gasteiger partial charge in [-0.25, -0.2) is 4.79 Å². The number of halogens is 1. The fourth-order valence-corrected chi connectivity index (χ4v) is 1.60. The molecule has 0 aliphatic rings. The molecule has 1 aromatic carbocycles. The van der Waals surface area contributed by atoms with E-state index >= 15 is 0 Å². The molecule has 0 spiro atoms. The number of alkyl halides is 1. The van der Waals surface area contributed by atoms with Gasteiger partial charge >= 0.3 is 6.09 Å². The molecule has 0 unspecified atom stereocenters. The number of rotatable bonds is 3. The molecule has 0 atom stereocenters. The molecule has 5 heteroatoms. The SMILES string of the molecule is COC(=O)Nc1ccc(C(=O)CBr)c(C)c1. The van der Waals surface area contributed by atoms with E-state index in [-0.39, 0.29) is 11.1 Å². The maximum Gasteiger partial charge on any atom is 0.411 e. The van der Waals surface area contributed by atoms with Crippen molar-refractivity contribution >= 4 is 33.5 Å². The van der Waals surface area contributed by atoms with E-state index in [9.17, 15) is 9.59 Å². The molecule has 0 radical (unpaired) electrons. The average Bonchev–Trinajstić information content (AvgIpc) is 2.28. The van der Waals surface area contributed by atoms with Gasteiger partial charge in [-0.2, -0.15) is 0 Å². The van der Waals surface area contributed by atoms with E-state index in [1.807, 2.05) is 6.92 Å². The molecule has 1 amide bonds. The van der Waals surface area contributed by atoms with Gasteiger partial charge in [-0.1, -0.05) is 15.9 Å². The number of ketones is 1. The summed E-state index contributed by atoms with van der Waals surface area (Å²) < 4.78 is 4.47. The molecule has 0 aromatic heterocycles. The zero-order valence-electron chi connectivity index (χ0n) is 9.04. The van der Waals surface area contributed by atoms with Crippen molar-refractivity contribution in [2.75, 3.05) is 17.8 Å². The Labute approximate surface area is 102 Å². The molecule has 16 heavy (non-hydrogen) atoms. The molecule has 0 saturated carbocycles. The van der Waals surface area contributed by atoms with Crippen molar-refractivity contribution in [1.82, 2.24) is 0 Å². The van der Waals surface area contributed by atoms with Gasteiger partial charge in [-0.05, 0) is 30.7 Å². The molecule has 1 N–H and O–H groups in total. The fourth-order valence-electron chi connectivity index (χ4n) is 1.30. The number of aryl methyl sites for hydroxylation is 1. The van der Waals surface area contributed by atoms with Crippen molar-refractivity contribution in [2.24, 2.45) is 0 Å². The quantitative estimate of drug-likeness (QED) is 0.686. The molecule has 0 aliphatic heterocycles. The lowest BCUT2D eigenvalue weighted by molar-refractivity contribution is 0.102. The van der Waals surface area contributed by atoms with Crippen LogP contribution in [-0.4, -0.2) is 24.3 Å². The second kappa shape index (κ2) is 5.65. The van der Waals surface area contributed by atoms with Crippen LogP contribution in [0.15, 0.2) is 18.2 Å². The summed E-state index contributed by atoms with van der Waals surface area (Å²) in [5.74, 6) is 0.0159. The van der Waals surface area contributed by atoms with Gasteiger partial charge in [0, 0.05) is 11.3 Å². The van der Waals surface area contributed by atoms with Crippen LogP contribution in [0.2, 0.25) is 0 Å². The van der Waals surface area contributed by atoms with E-state index in [0.29, 0.717) is 11.3 Å². The van der Waals surface area contributed by atoms with Gasteiger partial charge in [0.1, 0.15) is 0 Å². The molecule has 4 nitrogen and oxygen atoms in total. The molecule has 0 saturated heterocycles. The summed E-state index contributed by atoms with van der Waals surface area (Å²) in [5.41, 5.74) is 2.07. The lowest BCUT2D eigenvalue weighted by atomic mass is 10.1. The minimum atomic E-state index is -0.529. The number of hydrogen-bond acceptors (Lipinski definition) is 3. The molecule has 0 heterocycles. The van der Waals surface area contributed by atoms with E-state index in [4.69, 9.17) is 0 Å². The van der Waals surface area contributed by atoms with Gasteiger partial charge < -0.3 is 4.74 Å². The molecule has 1 aromatic rings. The van der Waals surface area contributed by atoms with E-state index in [1.165, 1.54) is 7.11 Å². The lowest BCUT2D eigenvalue weighted by Crippen LogP contribution is -2.11. The van der Waals surface area contributed by atoms with Gasteiger partial charge in [0.25, 0.3) is 0 Å². The van der Waals surface area contributed by atoms with Gasteiger partial charge in [0.15, 0.2) is 5.78 Å². The Kier molecular flexibility index (Phi) is 4.49. The highest BCUT2D eigenvalue weighted by atomic mass is 79.9. The van der Waals surface area contributed by atoms with Crippen LogP contribution in [0, 0.1) is 6.92 Å². The van der Waals surface area contributed by atoms with Crippen LogP contribution in [0.4, 0.5) is 10.5 Å². The third-order valence-corrected chi connectivity index (χ3v) is 2.59. The molecule has 0 bridgehead atoms. The Hall–Kier alpha value is -1.36. The summed E-state index contributed by atoms with van der Waals surface area (Å²) in [6, 6.07) is 5.08. The summed E-state index contributed by atoms with van der Waals surface area (Å²) >= 11 is 3.12. The molecular formula is C11H12BrNO3. The normalized spacial score (nSPS) is 9.69. The fraction of sp³-hybridized carbons (Fsp3) is 0.273. The maximum atomic E-state index is 11.5. The molecule has 86 valence electrons. The van der Waals surface area contributed by atoms with Crippen LogP contribution in [0.3, 0.4) is 0 Å². The topological polar surface area (TPSA) is 55.4 Å².